The molecule has 0 spiro atoms. The molecule has 2 atom stereocenters. The van der Waals surface area contributed by atoms with Gasteiger partial charge in [-0.2, -0.15) is 13.2 Å². The standard InChI is InChI=1S/C15H23F3O.2C2H6/c1-4-6-12(7-5-2)19-14-9-8-11(3)10-13(14)15(16,17)18;2*1-2/h8-10,12-14H,4-7H2,1-3H3;2*1-2H3. The monoisotopic (exact) mass is 336 g/mol. The van der Waals surface area contributed by atoms with Crippen LogP contribution in [0.5, 0.6) is 0 Å². The number of hydrogen-bond donors (Lipinski definition) is 0. The molecule has 23 heavy (non-hydrogen) atoms. The Morgan fingerprint density at radius 1 is 1.04 bits per heavy atom. The molecule has 0 bridgehead atoms. The van der Waals surface area contributed by atoms with Gasteiger partial charge in [-0.3, -0.25) is 0 Å². The van der Waals surface area contributed by atoms with Gasteiger partial charge in [-0.05, 0) is 19.8 Å². The first-order valence-electron chi connectivity index (χ1n) is 8.97. The van der Waals surface area contributed by atoms with E-state index in [1.165, 1.54) is 6.08 Å². The Morgan fingerprint density at radius 2 is 1.52 bits per heavy atom. The SMILES string of the molecule is CC.CC.CCCC(CCC)OC1C=CC(C)=CC1C(F)(F)F. The van der Waals surface area contributed by atoms with Crippen molar-refractivity contribution in [3.05, 3.63) is 23.8 Å². The summed E-state index contributed by atoms with van der Waals surface area (Å²) in [6, 6.07) is 0. The van der Waals surface area contributed by atoms with E-state index in [0.717, 1.165) is 25.7 Å². The van der Waals surface area contributed by atoms with E-state index >= 15 is 0 Å². The van der Waals surface area contributed by atoms with Crippen LogP contribution < -0.4 is 0 Å². The number of ether oxygens (including phenoxy) is 1. The zero-order valence-electron chi connectivity index (χ0n) is 15.8. The summed E-state index contributed by atoms with van der Waals surface area (Å²) in [4.78, 5) is 0. The van der Waals surface area contributed by atoms with E-state index in [2.05, 4.69) is 0 Å². The summed E-state index contributed by atoms with van der Waals surface area (Å²) >= 11 is 0. The smallest absolute Gasteiger partial charge is 0.370 e. The maximum atomic E-state index is 13.0. The zero-order valence-corrected chi connectivity index (χ0v) is 15.8. The van der Waals surface area contributed by atoms with Gasteiger partial charge in [-0.25, -0.2) is 0 Å². The molecule has 0 aromatic carbocycles. The summed E-state index contributed by atoms with van der Waals surface area (Å²) in [5.41, 5.74) is 0.643. The predicted octanol–water partition coefficient (Wildman–Crippen LogP) is 7.09. The summed E-state index contributed by atoms with van der Waals surface area (Å²) in [7, 11) is 0. The van der Waals surface area contributed by atoms with Crippen LogP contribution in [0, 0.1) is 5.92 Å². The Balaban J connectivity index is 0. The fourth-order valence-corrected chi connectivity index (χ4v) is 2.36. The Hall–Kier alpha value is -0.770. The minimum Gasteiger partial charge on any atom is -0.370 e. The molecule has 0 radical (unpaired) electrons. The number of halogens is 3. The summed E-state index contributed by atoms with van der Waals surface area (Å²) < 4.78 is 44.8. The van der Waals surface area contributed by atoms with E-state index in [9.17, 15) is 13.2 Å². The highest BCUT2D eigenvalue weighted by Gasteiger charge is 2.44. The average Bonchev–Trinajstić information content (AvgIpc) is 2.52. The van der Waals surface area contributed by atoms with Crippen molar-refractivity contribution in [2.45, 2.75) is 92.5 Å². The van der Waals surface area contributed by atoms with E-state index in [-0.39, 0.29) is 6.10 Å². The quantitative estimate of drug-likeness (QED) is 0.503. The number of alkyl halides is 3. The molecular formula is C19H35F3O. The first-order valence-corrected chi connectivity index (χ1v) is 8.97. The maximum Gasteiger partial charge on any atom is 0.397 e. The molecule has 2 unspecified atom stereocenters. The molecule has 4 heteroatoms. The number of rotatable bonds is 6. The van der Waals surface area contributed by atoms with E-state index in [1.54, 1.807) is 19.1 Å². The first-order chi connectivity index (χ1) is 10.9. The van der Waals surface area contributed by atoms with Crippen LogP contribution in [0.15, 0.2) is 23.8 Å². The van der Waals surface area contributed by atoms with Crippen molar-refractivity contribution >= 4 is 0 Å². The van der Waals surface area contributed by atoms with Gasteiger partial charge in [0.1, 0.15) is 5.92 Å². The summed E-state index contributed by atoms with van der Waals surface area (Å²) in [6.07, 6.45) is 2.77. The van der Waals surface area contributed by atoms with E-state index in [4.69, 9.17) is 4.74 Å². The molecule has 1 aliphatic carbocycles. The zero-order chi connectivity index (χ0) is 18.5. The normalized spacial score (nSPS) is 20.2. The van der Waals surface area contributed by atoms with Crippen LogP contribution >= 0.6 is 0 Å². The molecule has 0 amide bonds. The molecule has 0 aromatic rings. The van der Waals surface area contributed by atoms with Crippen LogP contribution in [0.2, 0.25) is 0 Å². The van der Waals surface area contributed by atoms with Gasteiger partial charge >= 0.3 is 6.18 Å². The Kier molecular flexibility index (Phi) is 14.5. The van der Waals surface area contributed by atoms with Gasteiger partial charge < -0.3 is 4.74 Å². The van der Waals surface area contributed by atoms with Crippen LogP contribution in [0.25, 0.3) is 0 Å². The van der Waals surface area contributed by atoms with Crippen LogP contribution in [-0.4, -0.2) is 18.4 Å². The van der Waals surface area contributed by atoms with Crippen molar-refractivity contribution in [3.8, 4) is 0 Å². The Morgan fingerprint density at radius 3 is 1.91 bits per heavy atom. The molecular weight excluding hydrogens is 301 g/mol. The third kappa shape index (κ3) is 9.85. The van der Waals surface area contributed by atoms with Gasteiger partial charge in [-0.15, -0.1) is 0 Å². The molecule has 0 N–H and O–H groups in total. The van der Waals surface area contributed by atoms with Crippen LogP contribution in [0.3, 0.4) is 0 Å². The fraction of sp³-hybridized carbons (Fsp3) is 0.789. The molecule has 1 nitrogen and oxygen atoms in total. The van der Waals surface area contributed by atoms with E-state index in [0.29, 0.717) is 5.57 Å². The molecule has 0 saturated carbocycles. The third-order valence-corrected chi connectivity index (χ3v) is 3.29. The molecule has 0 saturated heterocycles. The van der Waals surface area contributed by atoms with Gasteiger partial charge in [-0.1, -0.05) is 78.2 Å². The minimum absolute atomic E-state index is 0.0821. The third-order valence-electron chi connectivity index (χ3n) is 3.29. The van der Waals surface area contributed by atoms with Crippen LogP contribution in [0.1, 0.15) is 74.1 Å². The predicted molar refractivity (Wildman–Crippen MR) is 93.6 cm³/mol. The van der Waals surface area contributed by atoms with E-state index < -0.39 is 18.2 Å². The average molecular weight is 336 g/mol. The molecule has 138 valence electrons. The lowest BCUT2D eigenvalue weighted by molar-refractivity contribution is -0.192. The van der Waals surface area contributed by atoms with Crippen molar-refractivity contribution in [1.29, 1.82) is 0 Å². The molecule has 0 aromatic heterocycles. The first kappa shape index (κ1) is 24.5. The lowest BCUT2D eigenvalue weighted by Crippen LogP contribution is -2.37. The van der Waals surface area contributed by atoms with Gasteiger partial charge in [0, 0.05) is 0 Å². The Bertz CT molecular complexity index is 326. The van der Waals surface area contributed by atoms with Gasteiger partial charge in [0.2, 0.25) is 0 Å². The number of allylic oxidation sites excluding steroid dienone is 2. The van der Waals surface area contributed by atoms with Gasteiger partial charge in [0.25, 0.3) is 0 Å². The lowest BCUT2D eigenvalue weighted by atomic mass is 9.93. The van der Waals surface area contributed by atoms with E-state index in [1.807, 2.05) is 41.5 Å². The molecule has 1 rings (SSSR count). The van der Waals surface area contributed by atoms with Crippen molar-refractivity contribution in [1.82, 2.24) is 0 Å². The van der Waals surface area contributed by atoms with Crippen molar-refractivity contribution < 1.29 is 17.9 Å². The number of hydrogen-bond acceptors (Lipinski definition) is 1. The molecule has 0 fully saturated rings. The summed E-state index contributed by atoms with van der Waals surface area (Å²) in [5, 5.41) is 0. The van der Waals surface area contributed by atoms with Gasteiger partial charge in [0.05, 0.1) is 12.2 Å². The maximum absolute atomic E-state index is 13.0. The highest BCUT2D eigenvalue weighted by atomic mass is 19.4. The highest BCUT2D eigenvalue weighted by molar-refractivity contribution is 5.25. The second-order valence-electron chi connectivity index (χ2n) is 5.14. The minimum atomic E-state index is -4.25. The summed E-state index contributed by atoms with van der Waals surface area (Å²) in [6.45, 7) is 13.7. The van der Waals surface area contributed by atoms with Crippen LogP contribution in [-0.2, 0) is 4.74 Å². The van der Waals surface area contributed by atoms with Crippen LogP contribution in [0.4, 0.5) is 13.2 Å². The topological polar surface area (TPSA) is 9.23 Å². The molecule has 1 aliphatic rings. The van der Waals surface area contributed by atoms with Crippen molar-refractivity contribution in [3.63, 3.8) is 0 Å². The molecule has 0 heterocycles. The highest BCUT2D eigenvalue weighted by Crippen LogP contribution is 2.36. The Labute approximate surface area is 141 Å². The van der Waals surface area contributed by atoms with Gasteiger partial charge in [0.15, 0.2) is 0 Å². The summed E-state index contributed by atoms with van der Waals surface area (Å²) in [5.74, 6) is -1.52. The second kappa shape index (κ2) is 13.6. The second-order valence-corrected chi connectivity index (χ2v) is 5.14. The largest absolute Gasteiger partial charge is 0.397 e. The van der Waals surface area contributed by atoms with Crippen molar-refractivity contribution in [2.24, 2.45) is 5.92 Å². The lowest BCUT2D eigenvalue weighted by Gasteiger charge is -2.31. The molecule has 0 aliphatic heterocycles. The fourth-order valence-electron chi connectivity index (χ4n) is 2.36. The van der Waals surface area contributed by atoms with Crippen molar-refractivity contribution in [2.75, 3.05) is 0 Å².